The number of anilines is 1. The predicted octanol–water partition coefficient (Wildman–Crippen LogP) is 2.52. The summed E-state index contributed by atoms with van der Waals surface area (Å²) in [6.45, 7) is 2.19. The van der Waals surface area contributed by atoms with Crippen LogP contribution in [0.4, 0.5) is 5.88 Å². The molecule has 28 heavy (non-hydrogen) atoms. The minimum absolute atomic E-state index is 0.591. The molecule has 0 bridgehead atoms. The summed E-state index contributed by atoms with van der Waals surface area (Å²) in [5, 5.41) is 14.4. The number of hydrogen-bond acceptors (Lipinski definition) is 7. The average Bonchev–Trinajstić information content (AvgIpc) is 3.40. The molecule has 0 unspecified atom stereocenters. The zero-order chi connectivity index (χ0) is 19.5. The van der Waals surface area contributed by atoms with Crippen LogP contribution in [0.25, 0.3) is 23.2 Å². The van der Waals surface area contributed by atoms with Crippen molar-refractivity contribution in [2.75, 3.05) is 19.0 Å². The first-order valence-electron chi connectivity index (χ1n) is 9.46. The van der Waals surface area contributed by atoms with Crippen LogP contribution in [0.15, 0.2) is 35.1 Å². The van der Waals surface area contributed by atoms with E-state index in [0.29, 0.717) is 17.2 Å². The fraction of sp³-hybridized carbons (Fsp3) is 0.350. The van der Waals surface area contributed by atoms with Crippen molar-refractivity contribution in [1.82, 2.24) is 29.8 Å². The van der Waals surface area contributed by atoms with E-state index >= 15 is 0 Å². The van der Waals surface area contributed by atoms with E-state index < -0.39 is 0 Å². The first-order chi connectivity index (χ1) is 13.7. The van der Waals surface area contributed by atoms with Crippen LogP contribution in [0, 0.1) is 0 Å². The maximum atomic E-state index is 5.90. The number of aryl methyl sites for hydroxylation is 1. The van der Waals surface area contributed by atoms with Gasteiger partial charge in [0.2, 0.25) is 5.82 Å². The topological polar surface area (TPSA) is 85.2 Å². The lowest BCUT2D eigenvalue weighted by atomic mass is 10.1. The van der Waals surface area contributed by atoms with Crippen molar-refractivity contribution < 1.29 is 4.42 Å². The number of aromatic nitrogens is 6. The lowest BCUT2D eigenvalue weighted by Crippen LogP contribution is -2.08. The van der Waals surface area contributed by atoms with Gasteiger partial charge in [0.1, 0.15) is 11.5 Å². The molecule has 0 amide bonds. The third-order valence-electron chi connectivity index (χ3n) is 4.56. The Balaban J connectivity index is 1.83. The average molecular weight is 377 g/mol. The molecule has 0 aliphatic rings. The summed E-state index contributed by atoms with van der Waals surface area (Å²) in [5.74, 6) is 2.16. The van der Waals surface area contributed by atoms with Gasteiger partial charge in [-0.1, -0.05) is 19.8 Å². The molecule has 0 saturated carbocycles. The van der Waals surface area contributed by atoms with E-state index in [0.717, 1.165) is 48.2 Å². The molecule has 0 aromatic carbocycles. The normalized spacial score (nSPS) is 12.2. The standard InChI is InChI=1S/C20H23N7O/c1-4-5-6-7-16-15(12-14-8-9-18(28-14)26(2)3)19-23-24-20(27(19)25-16)17-13-21-10-11-22-17/h8-13H,4-7H2,1-3H3. The van der Waals surface area contributed by atoms with Crippen molar-refractivity contribution in [2.45, 2.75) is 32.6 Å². The van der Waals surface area contributed by atoms with Gasteiger partial charge in [0.25, 0.3) is 0 Å². The second-order valence-electron chi connectivity index (χ2n) is 6.88. The molecule has 0 N–H and O–H groups in total. The fourth-order valence-corrected chi connectivity index (χ4v) is 3.10. The van der Waals surface area contributed by atoms with Crippen LogP contribution in [0.1, 0.15) is 37.6 Å². The molecule has 0 radical (unpaired) electrons. The van der Waals surface area contributed by atoms with Gasteiger partial charge in [-0.3, -0.25) is 4.98 Å². The molecular weight excluding hydrogens is 354 g/mol. The molecule has 144 valence electrons. The van der Waals surface area contributed by atoms with Crippen molar-refractivity contribution in [2.24, 2.45) is 0 Å². The summed E-state index contributed by atoms with van der Waals surface area (Å²) in [7, 11) is 3.90. The summed E-state index contributed by atoms with van der Waals surface area (Å²) in [5.41, 5.74) is 2.34. The fourth-order valence-electron chi connectivity index (χ4n) is 3.10. The van der Waals surface area contributed by atoms with Crippen molar-refractivity contribution in [3.05, 3.63) is 47.4 Å². The molecule has 0 atom stereocenters. The van der Waals surface area contributed by atoms with Crippen LogP contribution in [-0.2, 0) is 6.42 Å². The Morgan fingerprint density at radius 2 is 2.04 bits per heavy atom. The van der Waals surface area contributed by atoms with Gasteiger partial charge in [-0.25, -0.2) is 4.98 Å². The SMILES string of the molecule is CCCCCc1nn2c(-c3cnccn3)nnc2c1=Cc1ccc(N(C)C)o1. The third kappa shape index (κ3) is 3.45. The molecule has 4 heterocycles. The highest BCUT2D eigenvalue weighted by Gasteiger charge is 2.17. The highest BCUT2D eigenvalue weighted by molar-refractivity contribution is 5.60. The highest BCUT2D eigenvalue weighted by atomic mass is 16.4. The van der Waals surface area contributed by atoms with Gasteiger partial charge in [0.05, 0.1) is 11.9 Å². The van der Waals surface area contributed by atoms with Crippen LogP contribution in [0.2, 0.25) is 0 Å². The van der Waals surface area contributed by atoms with Crippen molar-refractivity contribution >= 4 is 17.6 Å². The molecular formula is C20H23N7O. The van der Waals surface area contributed by atoms with Crippen molar-refractivity contribution in [3.63, 3.8) is 0 Å². The van der Waals surface area contributed by atoms with E-state index in [9.17, 15) is 0 Å². The Bertz CT molecular complexity index is 1110. The van der Waals surface area contributed by atoms with Crippen molar-refractivity contribution in [1.29, 1.82) is 0 Å². The molecule has 0 fully saturated rings. The number of rotatable bonds is 7. The second-order valence-corrected chi connectivity index (χ2v) is 6.88. The number of fused-ring (bicyclic) bond motifs is 1. The quantitative estimate of drug-likeness (QED) is 0.458. The van der Waals surface area contributed by atoms with Crippen LogP contribution in [-0.4, -0.2) is 43.9 Å². The third-order valence-corrected chi connectivity index (χ3v) is 4.56. The van der Waals surface area contributed by atoms with Crippen molar-refractivity contribution in [3.8, 4) is 11.5 Å². The zero-order valence-corrected chi connectivity index (χ0v) is 16.3. The first kappa shape index (κ1) is 18.1. The van der Waals surface area contributed by atoms with Gasteiger partial charge >= 0.3 is 0 Å². The van der Waals surface area contributed by atoms with E-state index in [1.54, 1.807) is 23.1 Å². The lowest BCUT2D eigenvalue weighted by molar-refractivity contribution is 0.555. The van der Waals surface area contributed by atoms with Gasteiger partial charge < -0.3 is 9.32 Å². The Kier molecular flexibility index (Phi) is 5.01. The monoisotopic (exact) mass is 377 g/mol. The summed E-state index contributed by atoms with van der Waals surface area (Å²) in [6, 6.07) is 3.90. The predicted molar refractivity (Wildman–Crippen MR) is 107 cm³/mol. The van der Waals surface area contributed by atoms with Crippen LogP contribution in [0.3, 0.4) is 0 Å². The van der Waals surface area contributed by atoms with E-state index in [-0.39, 0.29) is 0 Å². The Hall–Kier alpha value is -3.29. The molecule has 0 aliphatic carbocycles. The smallest absolute Gasteiger partial charge is 0.205 e. The Morgan fingerprint density at radius 1 is 1.14 bits per heavy atom. The van der Waals surface area contributed by atoms with E-state index in [1.807, 2.05) is 37.2 Å². The van der Waals surface area contributed by atoms with Crippen LogP contribution >= 0.6 is 0 Å². The van der Waals surface area contributed by atoms with E-state index in [2.05, 4.69) is 27.1 Å². The molecule has 0 spiro atoms. The van der Waals surface area contributed by atoms with Crippen LogP contribution in [0.5, 0.6) is 0 Å². The number of nitrogens with zero attached hydrogens (tertiary/aromatic N) is 7. The molecule has 8 heteroatoms. The summed E-state index contributed by atoms with van der Waals surface area (Å²) in [6.07, 6.45) is 11.2. The van der Waals surface area contributed by atoms with Gasteiger partial charge in [0.15, 0.2) is 11.5 Å². The second kappa shape index (κ2) is 7.75. The number of hydrogen-bond donors (Lipinski definition) is 0. The molecule has 4 rings (SSSR count). The molecule has 0 aliphatic heterocycles. The maximum Gasteiger partial charge on any atom is 0.205 e. The minimum Gasteiger partial charge on any atom is -0.441 e. The summed E-state index contributed by atoms with van der Waals surface area (Å²) >= 11 is 0. The van der Waals surface area contributed by atoms with Gasteiger partial charge in [0, 0.05) is 37.8 Å². The summed E-state index contributed by atoms with van der Waals surface area (Å²) < 4.78 is 7.66. The van der Waals surface area contributed by atoms with Crippen LogP contribution < -0.4 is 10.1 Å². The van der Waals surface area contributed by atoms with E-state index in [4.69, 9.17) is 9.52 Å². The number of furan rings is 1. The highest BCUT2D eigenvalue weighted by Crippen LogP contribution is 2.18. The largest absolute Gasteiger partial charge is 0.441 e. The molecule has 4 aromatic heterocycles. The van der Waals surface area contributed by atoms with Gasteiger partial charge in [-0.2, -0.15) is 9.61 Å². The van der Waals surface area contributed by atoms with Gasteiger partial charge in [-0.05, 0) is 25.0 Å². The van der Waals surface area contributed by atoms with E-state index in [1.165, 1.54) is 0 Å². The Morgan fingerprint density at radius 3 is 2.75 bits per heavy atom. The maximum absolute atomic E-state index is 5.90. The first-order valence-corrected chi connectivity index (χ1v) is 9.46. The molecule has 8 nitrogen and oxygen atoms in total. The molecule has 0 saturated heterocycles. The minimum atomic E-state index is 0.591. The zero-order valence-electron chi connectivity index (χ0n) is 16.3. The number of unbranched alkanes of at least 4 members (excludes halogenated alkanes) is 2. The lowest BCUT2D eigenvalue weighted by Gasteiger charge is -2.05. The summed E-state index contributed by atoms with van der Waals surface area (Å²) in [4.78, 5) is 10.4. The Labute approximate surface area is 162 Å². The molecule has 4 aromatic rings. The van der Waals surface area contributed by atoms with Gasteiger partial charge in [-0.15, -0.1) is 10.2 Å².